The van der Waals surface area contributed by atoms with E-state index in [0.717, 1.165) is 0 Å². The Labute approximate surface area is 114 Å². The number of nitrogens with one attached hydrogen (secondary N) is 1. The van der Waals surface area contributed by atoms with Crippen LogP contribution in [-0.4, -0.2) is 25.7 Å². The zero-order valence-electron chi connectivity index (χ0n) is 10.7. The predicted molar refractivity (Wildman–Crippen MR) is 70.9 cm³/mol. The quantitative estimate of drug-likeness (QED) is 0.653. The number of hydrogen-bond donors (Lipinski definition) is 1. The summed E-state index contributed by atoms with van der Waals surface area (Å²) in [5.41, 5.74) is 0.495. The molecule has 2 aromatic rings. The molecule has 0 unspecified atom stereocenters. The lowest BCUT2D eigenvalue weighted by Crippen LogP contribution is -2.22. The number of nitriles is 1. The van der Waals surface area contributed by atoms with Crippen molar-refractivity contribution < 1.29 is 4.92 Å². The molecule has 0 aliphatic heterocycles. The minimum absolute atomic E-state index is 0.0321. The summed E-state index contributed by atoms with van der Waals surface area (Å²) in [6.45, 7) is 2.54. The highest BCUT2D eigenvalue weighted by atomic mass is 16.6. The summed E-state index contributed by atoms with van der Waals surface area (Å²) >= 11 is 0. The Morgan fingerprint density at radius 1 is 1.60 bits per heavy atom. The lowest BCUT2D eigenvalue weighted by molar-refractivity contribution is -0.385. The van der Waals surface area contributed by atoms with Gasteiger partial charge in [0.05, 0.1) is 11.5 Å². The Morgan fingerprint density at radius 2 is 2.40 bits per heavy atom. The molecule has 1 aromatic heterocycles. The fourth-order valence-electron chi connectivity index (χ4n) is 1.81. The first-order valence-electron chi connectivity index (χ1n) is 5.87. The number of anilines is 1. The van der Waals surface area contributed by atoms with Crippen LogP contribution in [-0.2, 0) is 6.54 Å². The van der Waals surface area contributed by atoms with E-state index in [0.29, 0.717) is 12.2 Å². The molecule has 0 amide bonds. The number of benzene rings is 1. The highest BCUT2D eigenvalue weighted by molar-refractivity contribution is 5.58. The zero-order chi connectivity index (χ0) is 14.5. The molecule has 0 saturated carbocycles. The van der Waals surface area contributed by atoms with Gasteiger partial charge in [-0.2, -0.15) is 10.4 Å². The van der Waals surface area contributed by atoms with Crippen molar-refractivity contribution in [1.82, 2.24) is 14.8 Å². The van der Waals surface area contributed by atoms with Gasteiger partial charge >= 0.3 is 0 Å². The van der Waals surface area contributed by atoms with Crippen molar-refractivity contribution in [3.05, 3.63) is 46.5 Å². The van der Waals surface area contributed by atoms with Crippen molar-refractivity contribution in [2.75, 3.05) is 5.32 Å². The molecular weight excluding hydrogens is 260 g/mol. The number of hydrogen-bond acceptors (Lipinski definition) is 6. The van der Waals surface area contributed by atoms with E-state index in [2.05, 4.69) is 15.4 Å². The number of aromatic nitrogens is 3. The van der Waals surface area contributed by atoms with Crippen molar-refractivity contribution in [2.45, 2.75) is 19.5 Å². The van der Waals surface area contributed by atoms with E-state index in [1.54, 1.807) is 17.1 Å². The first-order chi connectivity index (χ1) is 9.60. The van der Waals surface area contributed by atoms with Crippen molar-refractivity contribution in [2.24, 2.45) is 0 Å². The van der Waals surface area contributed by atoms with E-state index in [4.69, 9.17) is 5.26 Å². The highest BCUT2D eigenvalue weighted by Crippen LogP contribution is 2.22. The molecule has 8 nitrogen and oxygen atoms in total. The van der Waals surface area contributed by atoms with E-state index in [1.807, 2.05) is 13.0 Å². The minimum atomic E-state index is -0.568. The second-order valence-electron chi connectivity index (χ2n) is 4.26. The van der Waals surface area contributed by atoms with Gasteiger partial charge in [0.25, 0.3) is 5.69 Å². The van der Waals surface area contributed by atoms with Crippen molar-refractivity contribution in [3.63, 3.8) is 0 Å². The van der Waals surface area contributed by atoms with Gasteiger partial charge in [0.1, 0.15) is 24.3 Å². The van der Waals surface area contributed by atoms with Crippen molar-refractivity contribution >= 4 is 11.4 Å². The first kappa shape index (κ1) is 13.5. The molecule has 1 aromatic carbocycles. The largest absolute Gasteiger partial charge is 0.381 e. The molecule has 0 radical (unpaired) electrons. The van der Waals surface area contributed by atoms with Crippen LogP contribution < -0.4 is 5.32 Å². The molecule has 0 fully saturated rings. The van der Waals surface area contributed by atoms with Crippen LogP contribution in [0.25, 0.3) is 0 Å². The van der Waals surface area contributed by atoms with E-state index in [1.165, 1.54) is 18.5 Å². The molecule has 20 heavy (non-hydrogen) atoms. The molecular formula is C12H12N6O2. The van der Waals surface area contributed by atoms with Gasteiger partial charge in [0.15, 0.2) is 0 Å². The predicted octanol–water partition coefficient (Wildman–Crippen LogP) is 1.56. The Balaban J connectivity index is 2.10. The van der Waals surface area contributed by atoms with Gasteiger partial charge < -0.3 is 5.32 Å². The summed E-state index contributed by atoms with van der Waals surface area (Å²) < 4.78 is 1.67. The van der Waals surface area contributed by atoms with Crippen molar-refractivity contribution in [1.29, 1.82) is 5.26 Å². The van der Waals surface area contributed by atoms with E-state index in [9.17, 15) is 10.1 Å². The van der Waals surface area contributed by atoms with Gasteiger partial charge in [0, 0.05) is 17.8 Å². The summed E-state index contributed by atoms with van der Waals surface area (Å²) in [7, 11) is 0. The second-order valence-corrected chi connectivity index (χ2v) is 4.26. The maximum Gasteiger partial charge on any atom is 0.287 e. The normalized spacial score (nSPS) is 11.6. The van der Waals surface area contributed by atoms with E-state index < -0.39 is 4.92 Å². The highest BCUT2D eigenvalue weighted by Gasteiger charge is 2.14. The molecule has 0 aliphatic carbocycles. The van der Waals surface area contributed by atoms with Crippen LogP contribution in [0, 0.1) is 21.4 Å². The first-order valence-corrected chi connectivity index (χ1v) is 5.87. The van der Waals surface area contributed by atoms with E-state index >= 15 is 0 Å². The molecule has 0 aliphatic rings. The maximum atomic E-state index is 10.7. The van der Waals surface area contributed by atoms with Crippen LogP contribution >= 0.6 is 0 Å². The van der Waals surface area contributed by atoms with Gasteiger partial charge in [-0.1, -0.05) is 0 Å². The van der Waals surface area contributed by atoms with E-state index in [-0.39, 0.29) is 17.3 Å². The Hall–Kier alpha value is -2.95. The molecule has 0 bridgehead atoms. The fourth-order valence-corrected chi connectivity index (χ4v) is 1.81. The van der Waals surface area contributed by atoms with Crippen LogP contribution in [0.5, 0.6) is 0 Å². The van der Waals surface area contributed by atoms with Gasteiger partial charge in [-0.25, -0.2) is 4.98 Å². The third-order valence-corrected chi connectivity index (χ3v) is 2.65. The SMILES string of the molecule is C[C@@H](Cn1cncn1)Nc1ccc([N+](=O)[O-])c(C#N)c1. The van der Waals surface area contributed by atoms with Crippen LogP contribution in [0.1, 0.15) is 12.5 Å². The van der Waals surface area contributed by atoms with Crippen LogP contribution in [0.15, 0.2) is 30.9 Å². The maximum absolute atomic E-state index is 10.7. The fraction of sp³-hybridized carbons (Fsp3) is 0.250. The molecule has 8 heteroatoms. The average Bonchev–Trinajstić information content (AvgIpc) is 2.90. The van der Waals surface area contributed by atoms with Crippen molar-refractivity contribution in [3.8, 4) is 6.07 Å². The third kappa shape index (κ3) is 3.08. The lowest BCUT2D eigenvalue weighted by atomic mass is 10.1. The zero-order valence-corrected chi connectivity index (χ0v) is 10.7. The standard InChI is InChI=1S/C12H12N6O2/c1-9(6-17-8-14-7-15-17)16-11-2-3-12(18(19)20)10(4-11)5-13/h2-4,7-9,16H,6H2,1H3/t9-/m0/s1. The molecule has 1 N–H and O–H groups in total. The number of nitro benzene ring substituents is 1. The number of nitrogens with zero attached hydrogens (tertiary/aromatic N) is 5. The molecule has 0 saturated heterocycles. The van der Waals surface area contributed by atoms with Gasteiger partial charge in [-0.3, -0.25) is 14.8 Å². The Morgan fingerprint density at radius 3 is 3.00 bits per heavy atom. The Bertz CT molecular complexity index is 646. The number of nitro groups is 1. The Kier molecular flexibility index (Phi) is 3.91. The van der Waals surface area contributed by atoms with Crippen LogP contribution in [0.4, 0.5) is 11.4 Å². The summed E-state index contributed by atoms with van der Waals surface area (Å²) in [5, 5.41) is 26.8. The molecule has 1 heterocycles. The van der Waals surface area contributed by atoms with Gasteiger partial charge in [-0.15, -0.1) is 0 Å². The van der Waals surface area contributed by atoms with Gasteiger partial charge in [-0.05, 0) is 19.1 Å². The summed E-state index contributed by atoms with van der Waals surface area (Å²) in [5.74, 6) is 0. The molecule has 0 spiro atoms. The minimum Gasteiger partial charge on any atom is -0.381 e. The van der Waals surface area contributed by atoms with Crippen LogP contribution in [0.2, 0.25) is 0 Å². The average molecular weight is 272 g/mol. The molecule has 1 atom stereocenters. The monoisotopic (exact) mass is 272 g/mol. The molecule has 102 valence electrons. The summed E-state index contributed by atoms with van der Waals surface area (Å²) in [4.78, 5) is 14.0. The second kappa shape index (κ2) is 5.79. The summed E-state index contributed by atoms with van der Waals surface area (Å²) in [6, 6.07) is 6.23. The topological polar surface area (TPSA) is 110 Å². The smallest absolute Gasteiger partial charge is 0.287 e. The summed E-state index contributed by atoms with van der Waals surface area (Å²) in [6.07, 6.45) is 3.06. The molecule has 2 rings (SSSR count). The third-order valence-electron chi connectivity index (χ3n) is 2.65. The van der Waals surface area contributed by atoms with Gasteiger partial charge in [0.2, 0.25) is 0 Å². The number of rotatable bonds is 5. The van der Waals surface area contributed by atoms with Crippen LogP contribution in [0.3, 0.4) is 0 Å². The lowest BCUT2D eigenvalue weighted by Gasteiger charge is -2.15.